The predicted molar refractivity (Wildman–Crippen MR) is 60.6 cm³/mol. The van der Waals surface area contributed by atoms with Gasteiger partial charge in [-0.2, -0.15) is 0 Å². The molecule has 0 heterocycles. The van der Waals surface area contributed by atoms with Crippen molar-refractivity contribution < 1.29 is 24.2 Å². The molecular weight excluding hydrogens is 226 g/mol. The van der Waals surface area contributed by atoms with E-state index in [2.05, 4.69) is 0 Å². The molecule has 0 saturated heterocycles. The summed E-state index contributed by atoms with van der Waals surface area (Å²) in [6, 6.07) is 5.54. The summed E-state index contributed by atoms with van der Waals surface area (Å²) in [6.07, 6.45) is 0. The summed E-state index contributed by atoms with van der Waals surface area (Å²) in [4.78, 5) is 21.9. The Morgan fingerprint density at radius 2 is 1.65 bits per heavy atom. The van der Waals surface area contributed by atoms with Crippen molar-refractivity contribution in [3.63, 3.8) is 0 Å². The Labute approximate surface area is 98.7 Å². The molecule has 6 heteroatoms. The third kappa shape index (κ3) is 4.62. The van der Waals surface area contributed by atoms with E-state index in [1.54, 1.807) is 0 Å². The van der Waals surface area contributed by atoms with Crippen LogP contribution >= 0.6 is 0 Å². The lowest BCUT2D eigenvalue weighted by molar-refractivity contribution is 0.0387. The highest BCUT2D eigenvalue weighted by Gasteiger charge is 2.08. The summed E-state index contributed by atoms with van der Waals surface area (Å²) < 4.78 is 9.58. The number of carbonyl (C=O) groups excluding carboxylic acids is 1. The van der Waals surface area contributed by atoms with Crippen molar-refractivity contribution in [2.75, 3.05) is 20.3 Å². The summed E-state index contributed by atoms with van der Waals surface area (Å²) in [7, 11) is 1.51. The summed E-state index contributed by atoms with van der Waals surface area (Å²) in [5, 5.41) is 8.65. The van der Waals surface area contributed by atoms with Crippen LogP contribution in [-0.2, 0) is 9.47 Å². The smallest absolute Gasteiger partial charge is 0.338 e. The number of carboxylic acid groups (broad SMARTS) is 1. The van der Waals surface area contributed by atoms with Crippen molar-refractivity contribution in [3.05, 3.63) is 35.4 Å². The summed E-state index contributed by atoms with van der Waals surface area (Å²) >= 11 is 0. The number of benzene rings is 1. The average molecular weight is 241 g/mol. The van der Waals surface area contributed by atoms with Gasteiger partial charge in [-0.1, -0.05) is 0 Å². The molecule has 0 atom stereocenters. The highest BCUT2D eigenvalue weighted by atomic mass is 16.6. The number of hydrogen-bond donors (Lipinski definition) is 2. The minimum atomic E-state index is -1.03. The number of methoxy groups -OCH3 is 1. The number of esters is 1. The molecule has 0 aliphatic carbocycles. The number of ether oxygens (including phenoxy) is 2. The Balaban J connectivity index is 0.00000256. The van der Waals surface area contributed by atoms with Gasteiger partial charge in [0.05, 0.1) is 17.7 Å². The normalized spacial score (nSPS) is 9.24. The van der Waals surface area contributed by atoms with E-state index in [0.29, 0.717) is 12.2 Å². The first-order chi connectivity index (χ1) is 7.65. The molecule has 0 bridgehead atoms. The zero-order valence-corrected chi connectivity index (χ0v) is 9.51. The topological polar surface area (TPSA) is 108 Å². The summed E-state index contributed by atoms with van der Waals surface area (Å²) in [5.41, 5.74) is 0.453. The number of carboxylic acids is 1. The van der Waals surface area contributed by atoms with Gasteiger partial charge < -0.3 is 20.7 Å². The van der Waals surface area contributed by atoms with E-state index in [4.69, 9.17) is 14.6 Å². The Morgan fingerprint density at radius 1 is 1.12 bits per heavy atom. The molecule has 0 aliphatic rings. The van der Waals surface area contributed by atoms with Crippen LogP contribution in [0.5, 0.6) is 0 Å². The molecule has 0 unspecified atom stereocenters. The molecule has 0 amide bonds. The van der Waals surface area contributed by atoms with Crippen LogP contribution in [0.15, 0.2) is 24.3 Å². The van der Waals surface area contributed by atoms with Gasteiger partial charge in [-0.3, -0.25) is 0 Å². The molecule has 17 heavy (non-hydrogen) atoms. The Hall–Kier alpha value is -1.92. The van der Waals surface area contributed by atoms with Gasteiger partial charge in [-0.25, -0.2) is 9.59 Å². The van der Waals surface area contributed by atoms with Crippen LogP contribution in [0, 0.1) is 0 Å². The highest BCUT2D eigenvalue weighted by molar-refractivity contribution is 5.92. The Kier molecular flexibility index (Phi) is 6.54. The van der Waals surface area contributed by atoms with Gasteiger partial charge in [0.2, 0.25) is 0 Å². The predicted octanol–water partition coefficient (Wildman–Crippen LogP) is 1.35. The minimum Gasteiger partial charge on any atom is -0.478 e. The van der Waals surface area contributed by atoms with E-state index in [9.17, 15) is 9.59 Å². The quantitative estimate of drug-likeness (QED) is 0.595. The average Bonchev–Trinajstić information content (AvgIpc) is 2.29. The fourth-order valence-electron chi connectivity index (χ4n) is 1.05. The third-order valence-corrected chi connectivity index (χ3v) is 1.89. The van der Waals surface area contributed by atoms with Gasteiger partial charge in [-0.15, -0.1) is 0 Å². The lowest BCUT2D eigenvalue weighted by Crippen LogP contribution is -2.10. The molecule has 1 aromatic rings. The van der Waals surface area contributed by atoms with E-state index in [0.717, 1.165) is 0 Å². The number of hydrogen-bond acceptors (Lipinski definition) is 5. The monoisotopic (exact) mass is 241 g/mol. The Bertz CT molecular complexity index is 374. The maximum atomic E-state index is 11.4. The summed E-state index contributed by atoms with van der Waals surface area (Å²) in [5.74, 6) is -1.52. The molecule has 0 saturated carbocycles. The molecule has 0 spiro atoms. The van der Waals surface area contributed by atoms with Gasteiger partial charge in [-0.05, 0) is 24.3 Å². The fourth-order valence-corrected chi connectivity index (χ4v) is 1.05. The van der Waals surface area contributed by atoms with Crippen molar-refractivity contribution in [2.24, 2.45) is 0 Å². The van der Waals surface area contributed by atoms with Crippen molar-refractivity contribution in [2.45, 2.75) is 0 Å². The molecular formula is C11H15NO5. The van der Waals surface area contributed by atoms with Crippen molar-refractivity contribution in [3.8, 4) is 0 Å². The maximum Gasteiger partial charge on any atom is 0.338 e. The van der Waals surface area contributed by atoms with E-state index in [-0.39, 0.29) is 18.3 Å². The maximum absolute atomic E-state index is 11.4. The lowest BCUT2D eigenvalue weighted by atomic mass is 10.1. The molecule has 0 radical (unpaired) electrons. The van der Waals surface area contributed by atoms with Crippen molar-refractivity contribution in [1.29, 1.82) is 0 Å². The van der Waals surface area contributed by atoms with Crippen LogP contribution in [-0.4, -0.2) is 37.4 Å². The number of aromatic carboxylic acids is 1. The third-order valence-electron chi connectivity index (χ3n) is 1.89. The highest BCUT2D eigenvalue weighted by Crippen LogP contribution is 2.05. The number of carbonyl (C=O) groups is 2. The molecule has 0 aliphatic heterocycles. The van der Waals surface area contributed by atoms with Gasteiger partial charge in [0.1, 0.15) is 6.61 Å². The Morgan fingerprint density at radius 3 is 2.12 bits per heavy atom. The minimum absolute atomic E-state index is 0. The molecule has 1 aromatic carbocycles. The van der Waals surface area contributed by atoms with Crippen LogP contribution in [0.25, 0.3) is 0 Å². The molecule has 6 nitrogen and oxygen atoms in total. The van der Waals surface area contributed by atoms with Crippen LogP contribution in [0.2, 0.25) is 0 Å². The SMILES string of the molecule is COCCOC(=O)c1ccc(C(=O)O)cc1.N. The van der Waals surface area contributed by atoms with E-state index in [1.807, 2.05) is 0 Å². The van der Waals surface area contributed by atoms with Gasteiger partial charge in [0, 0.05) is 7.11 Å². The van der Waals surface area contributed by atoms with Gasteiger partial charge in [0.25, 0.3) is 0 Å². The zero-order valence-electron chi connectivity index (χ0n) is 9.51. The van der Waals surface area contributed by atoms with E-state index < -0.39 is 11.9 Å². The second kappa shape index (κ2) is 7.37. The van der Waals surface area contributed by atoms with Gasteiger partial charge >= 0.3 is 11.9 Å². The largest absolute Gasteiger partial charge is 0.478 e. The fraction of sp³-hybridized carbons (Fsp3) is 0.273. The van der Waals surface area contributed by atoms with E-state index >= 15 is 0 Å². The number of rotatable bonds is 5. The standard InChI is InChI=1S/C11H12O5.H3N/c1-15-6-7-16-11(14)9-4-2-8(3-5-9)10(12)13;/h2-5H,6-7H2,1H3,(H,12,13);1H3. The van der Waals surface area contributed by atoms with E-state index in [1.165, 1.54) is 31.4 Å². The zero-order chi connectivity index (χ0) is 12.0. The van der Waals surface area contributed by atoms with Crippen molar-refractivity contribution in [1.82, 2.24) is 6.15 Å². The molecule has 1 rings (SSSR count). The van der Waals surface area contributed by atoms with Gasteiger partial charge in [0.15, 0.2) is 0 Å². The molecule has 94 valence electrons. The summed E-state index contributed by atoms with van der Waals surface area (Å²) in [6.45, 7) is 0.509. The lowest BCUT2D eigenvalue weighted by Gasteiger charge is -2.03. The first kappa shape index (κ1) is 15.1. The molecule has 4 N–H and O–H groups in total. The first-order valence-corrected chi connectivity index (χ1v) is 4.64. The molecule has 0 aromatic heterocycles. The van der Waals surface area contributed by atoms with Crippen LogP contribution in [0.4, 0.5) is 0 Å². The van der Waals surface area contributed by atoms with Crippen LogP contribution < -0.4 is 6.15 Å². The van der Waals surface area contributed by atoms with Crippen LogP contribution in [0.3, 0.4) is 0 Å². The van der Waals surface area contributed by atoms with Crippen molar-refractivity contribution >= 4 is 11.9 Å². The first-order valence-electron chi connectivity index (χ1n) is 4.64. The molecule has 0 fully saturated rings. The second-order valence-electron chi connectivity index (χ2n) is 3.01. The van der Waals surface area contributed by atoms with Crippen LogP contribution in [0.1, 0.15) is 20.7 Å². The second-order valence-corrected chi connectivity index (χ2v) is 3.01.